The molecule has 1 aliphatic carbocycles. The monoisotopic (exact) mass is 203 g/mol. The van der Waals surface area contributed by atoms with Crippen LogP contribution in [0.4, 0.5) is 0 Å². The fourth-order valence-corrected chi connectivity index (χ4v) is 1.80. The lowest BCUT2D eigenvalue weighted by Gasteiger charge is -2.25. The van der Waals surface area contributed by atoms with Gasteiger partial charge in [0.15, 0.2) is 0 Å². The van der Waals surface area contributed by atoms with E-state index in [9.17, 15) is 9.90 Å². The minimum absolute atomic E-state index is 0.136. The molecule has 0 heterocycles. The molecule has 0 aromatic heterocycles. The predicted molar refractivity (Wildman–Crippen MR) is 58.0 cm³/mol. The maximum Gasteiger partial charge on any atom is 0.217 e. The van der Waals surface area contributed by atoms with E-state index in [1.165, 1.54) is 6.92 Å². The quantitative estimate of drug-likeness (QED) is 0.721. The molecule has 2 atom stereocenters. The van der Waals surface area contributed by atoms with E-state index in [1.807, 2.05) is 36.4 Å². The fraction of sp³-hybridized carbons (Fsp3) is 0.250. The van der Waals surface area contributed by atoms with Crippen LogP contribution in [0, 0.1) is 0 Å². The molecule has 0 spiro atoms. The number of carbonyl (C=O) groups is 1. The van der Waals surface area contributed by atoms with Gasteiger partial charge in [-0.3, -0.25) is 4.79 Å². The number of nitrogens with one attached hydrogen (secondary N) is 1. The summed E-state index contributed by atoms with van der Waals surface area (Å²) in [6.07, 6.45) is 3.08. The molecule has 0 aliphatic heterocycles. The van der Waals surface area contributed by atoms with E-state index in [0.29, 0.717) is 0 Å². The van der Waals surface area contributed by atoms with Gasteiger partial charge < -0.3 is 10.4 Å². The van der Waals surface area contributed by atoms with E-state index >= 15 is 0 Å². The molecule has 1 aliphatic rings. The van der Waals surface area contributed by atoms with Crippen molar-refractivity contribution < 1.29 is 9.90 Å². The first-order valence-corrected chi connectivity index (χ1v) is 4.91. The molecule has 0 saturated heterocycles. The molecule has 0 fully saturated rings. The molecule has 1 aromatic rings. The van der Waals surface area contributed by atoms with Crippen molar-refractivity contribution in [3.63, 3.8) is 0 Å². The number of amides is 1. The maximum absolute atomic E-state index is 10.9. The molecule has 1 aromatic carbocycles. The highest BCUT2D eigenvalue weighted by molar-refractivity contribution is 5.74. The Morgan fingerprint density at radius 1 is 1.40 bits per heavy atom. The molecule has 2 rings (SSSR count). The topological polar surface area (TPSA) is 49.3 Å². The standard InChI is InChI=1S/C12H13NO2/c1-8(14)13-11-7-6-9-4-2-3-5-10(9)12(11)15/h2-7,11-12,15H,1H3,(H,13,14)/t11-,12-/m0/s1. The summed E-state index contributed by atoms with van der Waals surface area (Å²) < 4.78 is 0. The Labute approximate surface area is 88.4 Å². The Hall–Kier alpha value is -1.61. The molecule has 2 N–H and O–H groups in total. The lowest BCUT2D eigenvalue weighted by Crippen LogP contribution is -2.37. The minimum Gasteiger partial charge on any atom is -0.386 e. The summed E-state index contributed by atoms with van der Waals surface area (Å²) in [6, 6.07) is 7.30. The highest BCUT2D eigenvalue weighted by atomic mass is 16.3. The highest BCUT2D eigenvalue weighted by Gasteiger charge is 2.23. The van der Waals surface area contributed by atoms with Crippen molar-refractivity contribution in [2.45, 2.75) is 19.1 Å². The lowest BCUT2D eigenvalue weighted by molar-refractivity contribution is -0.120. The number of hydrogen-bond donors (Lipinski definition) is 2. The summed E-state index contributed by atoms with van der Waals surface area (Å²) in [5, 5.41) is 12.7. The maximum atomic E-state index is 10.9. The number of aliphatic hydroxyl groups excluding tert-OH is 1. The van der Waals surface area contributed by atoms with Gasteiger partial charge in [0.1, 0.15) is 6.10 Å². The molecule has 3 nitrogen and oxygen atoms in total. The number of fused-ring (bicyclic) bond motifs is 1. The van der Waals surface area contributed by atoms with Crippen LogP contribution in [0.5, 0.6) is 0 Å². The Morgan fingerprint density at radius 2 is 2.13 bits per heavy atom. The summed E-state index contributed by atoms with van der Waals surface area (Å²) in [4.78, 5) is 10.9. The molecule has 0 saturated carbocycles. The van der Waals surface area contributed by atoms with Gasteiger partial charge in [0.2, 0.25) is 5.91 Å². The van der Waals surface area contributed by atoms with Crippen LogP contribution >= 0.6 is 0 Å². The van der Waals surface area contributed by atoms with Gasteiger partial charge >= 0.3 is 0 Å². The molecule has 0 bridgehead atoms. The van der Waals surface area contributed by atoms with Crippen molar-refractivity contribution >= 4 is 12.0 Å². The van der Waals surface area contributed by atoms with Gasteiger partial charge in [0.25, 0.3) is 0 Å². The number of hydrogen-bond acceptors (Lipinski definition) is 2. The summed E-state index contributed by atoms with van der Waals surface area (Å²) in [6.45, 7) is 1.45. The van der Waals surface area contributed by atoms with Crippen LogP contribution in [0.15, 0.2) is 30.3 Å². The van der Waals surface area contributed by atoms with Crippen LogP contribution in [-0.4, -0.2) is 17.1 Å². The Morgan fingerprint density at radius 3 is 2.87 bits per heavy atom. The van der Waals surface area contributed by atoms with E-state index < -0.39 is 6.10 Å². The van der Waals surface area contributed by atoms with E-state index in [-0.39, 0.29) is 11.9 Å². The summed E-state index contributed by atoms with van der Waals surface area (Å²) >= 11 is 0. The Bertz CT molecular complexity index is 412. The first-order valence-electron chi connectivity index (χ1n) is 4.91. The SMILES string of the molecule is CC(=O)N[C@H]1C=Cc2ccccc2[C@@H]1O. The van der Waals surface area contributed by atoms with Gasteiger partial charge in [0, 0.05) is 6.92 Å². The largest absolute Gasteiger partial charge is 0.386 e. The average molecular weight is 203 g/mol. The van der Waals surface area contributed by atoms with Crippen LogP contribution in [-0.2, 0) is 4.79 Å². The number of benzene rings is 1. The Kier molecular flexibility index (Phi) is 2.56. The summed E-state index contributed by atoms with van der Waals surface area (Å²) in [5.74, 6) is -0.136. The molecule has 3 heteroatoms. The van der Waals surface area contributed by atoms with Gasteiger partial charge in [0.05, 0.1) is 6.04 Å². The zero-order valence-electron chi connectivity index (χ0n) is 8.47. The smallest absolute Gasteiger partial charge is 0.217 e. The van der Waals surface area contributed by atoms with Crippen molar-refractivity contribution in [3.05, 3.63) is 41.5 Å². The molecule has 0 radical (unpaired) electrons. The predicted octanol–water partition coefficient (Wildman–Crippen LogP) is 1.25. The molecular formula is C12H13NO2. The van der Waals surface area contributed by atoms with Gasteiger partial charge in [-0.25, -0.2) is 0 Å². The second-order valence-corrected chi connectivity index (χ2v) is 3.66. The van der Waals surface area contributed by atoms with E-state index in [1.54, 1.807) is 0 Å². The van der Waals surface area contributed by atoms with E-state index in [4.69, 9.17) is 0 Å². The van der Waals surface area contributed by atoms with Crippen molar-refractivity contribution in [1.29, 1.82) is 0 Å². The van der Waals surface area contributed by atoms with Crippen molar-refractivity contribution in [2.24, 2.45) is 0 Å². The normalized spacial score (nSPS) is 23.3. The number of carbonyl (C=O) groups excluding carboxylic acids is 1. The second-order valence-electron chi connectivity index (χ2n) is 3.66. The van der Waals surface area contributed by atoms with E-state index in [0.717, 1.165) is 11.1 Å². The van der Waals surface area contributed by atoms with Gasteiger partial charge in [-0.05, 0) is 11.1 Å². The lowest BCUT2D eigenvalue weighted by atomic mass is 9.91. The van der Waals surface area contributed by atoms with Crippen molar-refractivity contribution in [1.82, 2.24) is 5.32 Å². The molecule has 78 valence electrons. The van der Waals surface area contributed by atoms with Crippen LogP contribution in [0.2, 0.25) is 0 Å². The van der Waals surface area contributed by atoms with Crippen molar-refractivity contribution in [2.75, 3.05) is 0 Å². The zero-order valence-corrected chi connectivity index (χ0v) is 8.47. The third-order valence-electron chi connectivity index (χ3n) is 2.51. The minimum atomic E-state index is -0.657. The van der Waals surface area contributed by atoms with Gasteiger partial charge in [-0.2, -0.15) is 0 Å². The number of aliphatic hydroxyl groups is 1. The highest BCUT2D eigenvalue weighted by Crippen LogP contribution is 2.27. The van der Waals surface area contributed by atoms with Gasteiger partial charge in [-0.15, -0.1) is 0 Å². The van der Waals surface area contributed by atoms with Crippen LogP contribution in [0.25, 0.3) is 6.08 Å². The second kappa shape index (κ2) is 3.87. The molecule has 0 unspecified atom stereocenters. The summed E-state index contributed by atoms with van der Waals surface area (Å²) in [5.41, 5.74) is 1.87. The molecule has 1 amide bonds. The molecular weight excluding hydrogens is 190 g/mol. The van der Waals surface area contributed by atoms with Crippen molar-refractivity contribution in [3.8, 4) is 0 Å². The first-order chi connectivity index (χ1) is 7.18. The van der Waals surface area contributed by atoms with E-state index in [2.05, 4.69) is 5.32 Å². The van der Waals surface area contributed by atoms with Crippen LogP contribution in [0.3, 0.4) is 0 Å². The fourth-order valence-electron chi connectivity index (χ4n) is 1.80. The summed E-state index contributed by atoms with van der Waals surface area (Å²) in [7, 11) is 0. The van der Waals surface area contributed by atoms with Crippen LogP contribution < -0.4 is 5.32 Å². The first kappa shape index (κ1) is 9.93. The number of rotatable bonds is 1. The molecule has 15 heavy (non-hydrogen) atoms. The Balaban J connectivity index is 2.29. The third-order valence-corrected chi connectivity index (χ3v) is 2.51. The zero-order chi connectivity index (χ0) is 10.8. The van der Waals surface area contributed by atoms with Crippen LogP contribution in [0.1, 0.15) is 24.2 Å². The third kappa shape index (κ3) is 1.92. The van der Waals surface area contributed by atoms with Gasteiger partial charge in [-0.1, -0.05) is 36.4 Å². The average Bonchev–Trinajstić information content (AvgIpc) is 2.22.